The van der Waals surface area contributed by atoms with Crippen molar-refractivity contribution in [3.05, 3.63) is 46.6 Å². The zero-order valence-corrected chi connectivity index (χ0v) is 15.7. The molecule has 0 amide bonds. The quantitative estimate of drug-likeness (QED) is 0.523. The lowest BCUT2D eigenvalue weighted by molar-refractivity contribution is 0.126. The summed E-state index contributed by atoms with van der Waals surface area (Å²) in [5, 5.41) is 12.5. The van der Waals surface area contributed by atoms with Crippen LogP contribution in [0, 0.1) is 6.92 Å². The van der Waals surface area contributed by atoms with E-state index in [0.29, 0.717) is 5.75 Å². The van der Waals surface area contributed by atoms with E-state index in [0.717, 1.165) is 34.0 Å². The van der Waals surface area contributed by atoms with E-state index >= 15 is 0 Å². The number of hydrogen-bond acceptors (Lipinski definition) is 6. The van der Waals surface area contributed by atoms with E-state index in [4.69, 9.17) is 4.74 Å². The van der Waals surface area contributed by atoms with Crippen molar-refractivity contribution in [2.75, 3.05) is 12.4 Å². The summed E-state index contributed by atoms with van der Waals surface area (Å²) in [6.45, 7) is 2.29. The average Bonchev–Trinajstić information content (AvgIpc) is 3.20. The van der Waals surface area contributed by atoms with Crippen molar-refractivity contribution in [3.63, 3.8) is 0 Å². The first-order valence-corrected chi connectivity index (χ1v) is 10.3. The van der Waals surface area contributed by atoms with Crippen LogP contribution in [0.4, 0.5) is 0 Å². The van der Waals surface area contributed by atoms with Gasteiger partial charge in [-0.1, -0.05) is 18.2 Å². The van der Waals surface area contributed by atoms with Gasteiger partial charge in [0.15, 0.2) is 0 Å². The van der Waals surface area contributed by atoms with Gasteiger partial charge in [0.25, 0.3) is 0 Å². The van der Waals surface area contributed by atoms with Crippen LogP contribution in [-0.4, -0.2) is 33.5 Å². The van der Waals surface area contributed by atoms with Crippen LogP contribution in [0.5, 0.6) is 5.75 Å². The van der Waals surface area contributed by atoms with Crippen LogP contribution in [-0.2, 0) is 12.8 Å². The number of ether oxygens (including phenoxy) is 1. The molecule has 2 aromatic heterocycles. The average molecular weight is 373 g/mol. The van der Waals surface area contributed by atoms with E-state index in [1.807, 2.05) is 31.2 Å². The number of rotatable bonds is 6. The fourth-order valence-electron chi connectivity index (χ4n) is 3.14. The van der Waals surface area contributed by atoms with Crippen molar-refractivity contribution in [1.82, 2.24) is 9.97 Å². The Morgan fingerprint density at radius 2 is 2.16 bits per heavy atom. The fourth-order valence-corrected chi connectivity index (χ4v) is 5.36. The zero-order chi connectivity index (χ0) is 17.2. The van der Waals surface area contributed by atoms with Crippen LogP contribution in [0.2, 0.25) is 0 Å². The summed E-state index contributed by atoms with van der Waals surface area (Å²) in [4.78, 5) is 11.4. The molecule has 0 spiro atoms. The molecule has 0 unspecified atom stereocenters. The van der Waals surface area contributed by atoms with E-state index in [1.54, 1.807) is 29.4 Å². The van der Waals surface area contributed by atoms with Gasteiger partial charge in [0, 0.05) is 16.0 Å². The first kappa shape index (κ1) is 16.8. The molecule has 4 rings (SSSR count). The number of aromatic nitrogens is 2. The second-order valence-electron chi connectivity index (χ2n) is 6.26. The van der Waals surface area contributed by atoms with Gasteiger partial charge in [-0.05, 0) is 43.4 Å². The molecule has 0 saturated carbocycles. The number of nitrogens with zero attached hydrogens (tertiary/aromatic N) is 2. The molecule has 6 heteroatoms. The van der Waals surface area contributed by atoms with E-state index in [1.165, 1.54) is 22.2 Å². The molecule has 1 aliphatic carbocycles. The molecule has 2 heterocycles. The summed E-state index contributed by atoms with van der Waals surface area (Å²) in [5.41, 5.74) is 2.50. The van der Waals surface area contributed by atoms with Gasteiger partial charge in [-0.2, -0.15) is 0 Å². The number of para-hydroxylation sites is 1. The Hall–Kier alpha value is -1.63. The van der Waals surface area contributed by atoms with Crippen LogP contribution >= 0.6 is 23.1 Å². The molecule has 4 nitrogen and oxygen atoms in total. The smallest absolute Gasteiger partial charge is 0.128 e. The van der Waals surface area contributed by atoms with Crippen LogP contribution in [0.1, 0.15) is 22.4 Å². The van der Waals surface area contributed by atoms with Gasteiger partial charge in [-0.15, -0.1) is 23.1 Å². The first-order valence-electron chi connectivity index (χ1n) is 8.47. The summed E-state index contributed by atoms with van der Waals surface area (Å²) in [5.74, 6) is 1.38. The van der Waals surface area contributed by atoms with Gasteiger partial charge in [0.05, 0.1) is 6.10 Å². The molecular weight excluding hydrogens is 352 g/mol. The number of benzene rings is 1. The SMILES string of the molecule is Cc1ccccc1OC[C@H](O)CSc1ncnc2sc3c(c12)CCC3. The standard InChI is InChI=1S/C19H20N2O2S2/c1-12-5-2-3-7-15(12)23-9-13(22)10-24-18-17-14-6-4-8-16(14)25-19(17)21-11-20-18/h2-3,5,7,11,13,22H,4,6,8-10H2,1H3/t13-/m0/s1. The van der Waals surface area contributed by atoms with Crippen LogP contribution in [0.25, 0.3) is 10.2 Å². The Labute approximate surface area is 155 Å². The lowest BCUT2D eigenvalue weighted by atomic mass is 10.2. The highest BCUT2D eigenvalue weighted by Gasteiger charge is 2.21. The highest BCUT2D eigenvalue weighted by atomic mass is 32.2. The summed E-state index contributed by atoms with van der Waals surface area (Å²) in [6.07, 6.45) is 4.60. The van der Waals surface area contributed by atoms with E-state index in [2.05, 4.69) is 9.97 Å². The molecule has 3 aromatic rings. The third-order valence-corrected chi connectivity index (χ3v) is 6.74. The van der Waals surface area contributed by atoms with Crippen molar-refractivity contribution < 1.29 is 9.84 Å². The van der Waals surface area contributed by atoms with Crippen molar-refractivity contribution in [2.45, 2.75) is 37.3 Å². The molecular formula is C19H20N2O2S2. The van der Waals surface area contributed by atoms with Crippen molar-refractivity contribution in [1.29, 1.82) is 0 Å². The maximum absolute atomic E-state index is 10.3. The Morgan fingerprint density at radius 1 is 1.28 bits per heavy atom. The van der Waals surface area contributed by atoms with Crippen LogP contribution in [0.15, 0.2) is 35.6 Å². The number of hydrogen-bond donors (Lipinski definition) is 1. The third-order valence-electron chi connectivity index (χ3n) is 4.40. The topological polar surface area (TPSA) is 55.2 Å². The monoisotopic (exact) mass is 372 g/mol. The lowest BCUT2D eigenvalue weighted by Crippen LogP contribution is -2.20. The number of aliphatic hydroxyl groups is 1. The third kappa shape index (κ3) is 3.52. The predicted octanol–water partition coefficient (Wildman–Crippen LogP) is 4.02. The number of aryl methyl sites for hydroxylation is 3. The second-order valence-corrected chi connectivity index (χ2v) is 8.35. The minimum atomic E-state index is -0.540. The molecule has 0 aliphatic heterocycles. The van der Waals surface area contributed by atoms with Crippen LogP contribution in [0.3, 0.4) is 0 Å². The Bertz CT molecular complexity index is 894. The van der Waals surface area contributed by atoms with Crippen molar-refractivity contribution >= 4 is 33.3 Å². The Kier molecular flexibility index (Phi) is 4.92. The summed E-state index contributed by atoms with van der Waals surface area (Å²) in [6, 6.07) is 7.86. The second kappa shape index (κ2) is 7.32. The van der Waals surface area contributed by atoms with Gasteiger partial charge >= 0.3 is 0 Å². The minimum absolute atomic E-state index is 0.286. The molecule has 1 N–H and O–H groups in total. The maximum atomic E-state index is 10.3. The van der Waals surface area contributed by atoms with E-state index < -0.39 is 6.10 Å². The Morgan fingerprint density at radius 3 is 3.04 bits per heavy atom. The number of thiophene rings is 1. The lowest BCUT2D eigenvalue weighted by Gasteiger charge is -2.13. The van der Waals surface area contributed by atoms with E-state index in [-0.39, 0.29) is 6.61 Å². The molecule has 130 valence electrons. The van der Waals surface area contributed by atoms with Gasteiger partial charge in [-0.3, -0.25) is 0 Å². The van der Waals surface area contributed by atoms with Gasteiger partial charge < -0.3 is 9.84 Å². The highest BCUT2D eigenvalue weighted by molar-refractivity contribution is 7.99. The predicted molar refractivity (Wildman–Crippen MR) is 103 cm³/mol. The number of fused-ring (bicyclic) bond motifs is 3. The summed E-state index contributed by atoms with van der Waals surface area (Å²) in [7, 11) is 0. The van der Waals surface area contributed by atoms with Crippen molar-refractivity contribution in [2.24, 2.45) is 0 Å². The molecule has 1 aliphatic rings. The van der Waals surface area contributed by atoms with E-state index in [9.17, 15) is 5.11 Å². The highest BCUT2D eigenvalue weighted by Crippen LogP contribution is 2.40. The molecule has 0 saturated heterocycles. The summed E-state index contributed by atoms with van der Waals surface area (Å²) >= 11 is 3.39. The fraction of sp³-hybridized carbons (Fsp3) is 0.368. The summed E-state index contributed by atoms with van der Waals surface area (Å²) < 4.78 is 5.74. The van der Waals surface area contributed by atoms with Crippen LogP contribution < -0.4 is 4.74 Å². The molecule has 1 aromatic carbocycles. The maximum Gasteiger partial charge on any atom is 0.128 e. The molecule has 0 radical (unpaired) electrons. The zero-order valence-electron chi connectivity index (χ0n) is 14.1. The molecule has 25 heavy (non-hydrogen) atoms. The number of aliphatic hydroxyl groups excluding tert-OH is 1. The van der Waals surface area contributed by atoms with Gasteiger partial charge in [-0.25, -0.2) is 9.97 Å². The normalized spacial score (nSPS) is 14.6. The largest absolute Gasteiger partial charge is 0.491 e. The van der Waals surface area contributed by atoms with Gasteiger partial charge in [0.2, 0.25) is 0 Å². The molecule has 1 atom stereocenters. The molecule has 0 bridgehead atoms. The van der Waals surface area contributed by atoms with Gasteiger partial charge in [0.1, 0.15) is 28.5 Å². The Balaban J connectivity index is 1.41. The minimum Gasteiger partial charge on any atom is -0.491 e. The molecule has 0 fully saturated rings. The first-order chi connectivity index (χ1) is 12.2. The number of thioether (sulfide) groups is 1. The van der Waals surface area contributed by atoms with Crippen molar-refractivity contribution in [3.8, 4) is 5.75 Å².